The maximum absolute atomic E-state index is 10.8. The highest BCUT2D eigenvalue weighted by molar-refractivity contribution is 9.10. The van der Waals surface area contributed by atoms with Crippen LogP contribution in [0.15, 0.2) is 16.6 Å². The van der Waals surface area contributed by atoms with Crippen LogP contribution in [-0.2, 0) is 4.74 Å². The lowest BCUT2D eigenvalue weighted by Crippen LogP contribution is -2.16. The zero-order chi connectivity index (χ0) is 12.3. The summed E-state index contributed by atoms with van der Waals surface area (Å²) in [6, 6.07) is 3.41. The molecule has 1 unspecified atom stereocenters. The van der Waals surface area contributed by atoms with E-state index in [0.29, 0.717) is 28.1 Å². The Morgan fingerprint density at radius 3 is 2.88 bits per heavy atom. The molecule has 1 aromatic carbocycles. The maximum atomic E-state index is 10.8. The lowest BCUT2D eigenvalue weighted by molar-refractivity contribution is 0.112. The van der Waals surface area contributed by atoms with E-state index in [1.165, 1.54) is 0 Å². The van der Waals surface area contributed by atoms with Gasteiger partial charge in [0.2, 0.25) is 0 Å². The largest absolute Gasteiger partial charge is 0.493 e. The predicted octanol–water partition coefficient (Wildman–Crippen LogP) is 2.44. The van der Waals surface area contributed by atoms with Crippen molar-refractivity contribution in [3.05, 3.63) is 22.2 Å². The Hall–Kier alpha value is -1.07. The topological polar surface area (TPSA) is 44.8 Å². The fraction of sp³-hybridized carbons (Fsp3) is 0.417. The van der Waals surface area contributed by atoms with Crippen LogP contribution in [0.25, 0.3) is 0 Å². The van der Waals surface area contributed by atoms with E-state index in [4.69, 9.17) is 14.2 Å². The monoisotopic (exact) mass is 300 g/mol. The van der Waals surface area contributed by atoms with Crippen molar-refractivity contribution < 1.29 is 19.0 Å². The van der Waals surface area contributed by atoms with E-state index in [1.54, 1.807) is 19.2 Å². The summed E-state index contributed by atoms with van der Waals surface area (Å²) in [4.78, 5) is 10.8. The normalized spacial score (nSPS) is 19.1. The van der Waals surface area contributed by atoms with Crippen LogP contribution < -0.4 is 9.47 Å². The van der Waals surface area contributed by atoms with Gasteiger partial charge in [-0.25, -0.2) is 0 Å². The van der Waals surface area contributed by atoms with Crippen molar-refractivity contribution in [2.45, 2.75) is 12.5 Å². The van der Waals surface area contributed by atoms with Crippen molar-refractivity contribution in [1.82, 2.24) is 0 Å². The number of hydrogen-bond acceptors (Lipinski definition) is 4. The summed E-state index contributed by atoms with van der Waals surface area (Å²) >= 11 is 3.32. The second-order valence-corrected chi connectivity index (χ2v) is 4.60. The zero-order valence-electron chi connectivity index (χ0n) is 9.44. The van der Waals surface area contributed by atoms with Crippen molar-refractivity contribution in [3.63, 3.8) is 0 Å². The Morgan fingerprint density at radius 1 is 1.47 bits per heavy atom. The van der Waals surface area contributed by atoms with Gasteiger partial charge in [-0.05, 0) is 28.1 Å². The summed E-state index contributed by atoms with van der Waals surface area (Å²) in [5.41, 5.74) is 0.539. The molecule has 92 valence electrons. The molecule has 1 aliphatic rings. The molecule has 0 saturated carbocycles. The Morgan fingerprint density at radius 2 is 2.29 bits per heavy atom. The number of carbonyl (C=O) groups excluding carboxylic acids is 1. The van der Waals surface area contributed by atoms with Crippen LogP contribution in [0.3, 0.4) is 0 Å². The highest BCUT2D eigenvalue weighted by atomic mass is 79.9. The molecule has 0 radical (unpaired) electrons. The minimum atomic E-state index is 0.0536. The second kappa shape index (κ2) is 5.51. The third-order valence-electron chi connectivity index (χ3n) is 2.59. The number of benzene rings is 1. The molecule has 5 heteroatoms. The molecule has 17 heavy (non-hydrogen) atoms. The van der Waals surface area contributed by atoms with Crippen molar-refractivity contribution in [2.24, 2.45) is 0 Å². The van der Waals surface area contributed by atoms with Gasteiger partial charge in [0, 0.05) is 16.5 Å². The Kier molecular flexibility index (Phi) is 4.02. The summed E-state index contributed by atoms with van der Waals surface area (Å²) in [6.07, 6.45) is 1.70. The van der Waals surface area contributed by atoms with Gasteiger partial charge in [-0.15, -0.1) is 0 Å². The molecule has 0 amide bonds. The first kappa shape index (κ1) is 12.4. The van der Waals surface area contributed by atoms with E-state index in [2.05, 4.69) is 15.9 Å². The van der Waals surface area contributed by atoms with E-state index in [1.807, 2.05) is 0 Å². The maximum Gasteiger partial charge on any atom is 0.162 e. The minimum absolute atomic E-state index is 0.0536. The third-order valence-corrected chi connectivity index (χ3v) is 3.28. The molecule has 1 aliphatic heterocycles. The number of aldehydes is 1. The van der Waals surface area contributed by atoms with Crippen molar-refractivity contribution in [1.29, 1.82) is 0 Å². The van der Waals surface area contributed by atoms with Crippen LogP contribution >= 0.6 is 15.9 Å². The van der Waals surface area contributed by atoms with Gasteiger partial charge in [0.05, 0.1) is 20.3 Å². The quantitative estimate of drug-likeness (QED) is 0.801. The van der Waals surface area contributed by atoms with Crippen LogP contribution in [0.4, 0.5) is 0 Å². The molecular weight excluding hydrogens is 288 g/mol. The lowest BCUT2D eigenvalue weighted by Gasteiger charge is -2.15. The molecule has 1 aromatic rings. The van der Waals surface area contributed by atoms with Gasteiger partial charge in [-0.3, -0.25) is 4.79 Å². The molecule has 1 saturated heterocycles. The standard InChI is InChI=1S/C12H13BrO4/c1-15-11-4-8(6-14)10(13)5-12(11)17-9-2-3-16-7-9/h4-6,9H,2-3,7H2,1H3. The smallest absolute Gasteiger partial charge is 0.162 e. The molecule has 1 heterocycles. The number of carbonyl (C=O) groups is 1. The van der Waals surface area contributed by atoms with Gasteiger partial charge >= 0.3 is 0 Å². The molecule has 1 atom stereocenters. The zero-order valence-corrected chi connectivity index (χ0v) is 11.0. The fourth-order valence-electron chi connectivity index (χ4n) is 1.68. The third kappa shape index (κ3) is 2.79. The summed E-state index contributed by atoms with van der Waals surface area (Å²) in [7, 11) is 1.55. The van der Waals surface area contributed by atoms with Gasteiger partial charge < -0.3 is 14.2 Å². The number of hydrogen-bond donors (Lipinski definition) is 0. The Labute approximate surface area is 108 Å². The first-order chi connectivity index (χ1) is 8.24. The molecule has 0 bridgehead atoms. The minimum Gasteiger partial charge on any atom is -0.493 e. The summed E-state index contributed by atoms with van der Waals surface area (Å²) in [5, 5.41) is 0. The summed E-state index contributed by atoms with van der Waals surface area (Å²) in [5.74, 6) is 1.18. The highest BCUT2D eigenvalue weighted by Crippen LogP contribution is 2.34. The predicted molar refractivity (Wildman–Crippen MR) is 65.9 cm³/mol. The lowest BCUT2D eigenvalue weighted by atomic mass is 10.2. The molecule has 0 spiro atoms. The summed E-state index contributed by atoms with van der Waals surface area (Å²) < 4.78 is 16.9. The highest BCUT2D eigenvalue weighted by Gasteiger charge is 2.20. The van der Waals surface area contributed by atoms with Gasteiger partial charge in [0.25, 0.3) is 0 Å². The molecule has 0 N–H and O–H groups in total. The second-order valence-electron chi connectivity index (χ2n) is 3.75. The van der Waals surface area contributed by atoms with Crippen molar-refractivity contribution in [2.75, 3.05) is 20.3 Å². The van der Waals surface area contributed by atoms with Crippen LogP contribution in [0.2, 0.25) is 0 Å². The average Bonchev–Trinajstić information content (AvgIpc) is 2.82. The van der Waals surface area contributed by atoms with E-state index < -0.39 is 0 Å². The fourth-order valence-corrected chi connectivity index (χ4v) is 2.09. The number of halogens is 1. The van der Waals surface area contributed by atoms with Gasteiger partial charge in [0.15, 0.2) is 17.8 Å². The van der Waals surface area contributed by atoms with E-state index in [9.17, 15) is 4.79 Å². The van der Waals surface area contributed by atoms with Gasteiger partial charge in [0.1, 0.15) is 6.10 Å². The number of methoxy groups -OCH3 is 1. The first-order valence-corrected chi connectivity index (χ1v) is 6.11. The van der Waals surface area contributed by atoms with E-state index in [-0.39, 0.29) is 6.10 Å². The van der Waals surface area contributed by atoms with Crippen molar-refractivity contribution >= 4 is 22.2 Å². The van der Waals surface area contributed by atoms with Crippen LogP contribution in [0.5, 0.6) is 11.5 Å². The van der Waals surface area contributed by atoms with E-state index >= 15 is 0 Å². The molecule has 0 aliphatic carbocycles. The van der Waals surface area contributed by atoms with Crippen LogP contribution in [-0.4, -0.2) is 32.7 Å². The van der Waals surface area contributed by atoms with Gasteiger partial charge in [-0.1, -0.05) is 0 Å². The average molecular weight is 301 g/mol. The van der Waals surface area contributed by atoms with E-state index in [0.717, 1.165) is 19.3 Å². The summed E-state index contributed by atoms with van der Waals surface area (Å²) in [6.45, 7) is 1.32. The molecule has 2 rings (SSSR count). The number of ether oxygens (including phenoxy) is 3. The van der Waals surface area contributed by atoms with Crippen molar-refractivity contribution in [3.8, 4) is 11.5 Å². The molecule has 0 aromatic heterocycles. The first-order valence-electron chi connectivity index (χ1n) is 5.31. The van der Waals surface area contributed by atoms with Crippen LogP contribution in [0.1, 0.15) is 16.8 Å². The molecule has 1 fully saturated rings. The molecule has 4 nitrogen and oxygen atoms in total. The van der Waals surface area contributed by atoms with Gasteiger partial charge in [-0.2, -0.15) is 0 Å². The Balaban J connectivity index is 2.25. The molecular formula is C12H13BrO4. The Bertz CT molecular complexity index is 413. The number of rotatable bonds is 4. The van der Waals surface area contributed by atoms with Crippen LogP contribution in [0, 0.1) is 0 Å². The SMILES string of the molecule is COc1cc(C=O)c(Br)cc1OC1CCOC1.